The zero-order chi connectivity index (χ0) is 29.5. The van der Waals surface area contributed by atoms with E-state index in [1.54, 1.807) is 40.9 Å². The van der Waals surface area contributed by atoms with Gasteiger partial charge in [0, 0.05) is 26.9 Å². The van der Waals surface area contributed by atoms with Gasteiger partial charge in [0.05, 0.1) is 44.3 Å². The molecule has 0 fully saturated rings. The fourth-order valence-electron chi connectivity index (χ4n) is 5.03. The lowest BCUT2D eigenvalue weighted by Crippen LogP contribution is -2.19. The van der Waals surface area contributed by atoms with Crippen LogP contribution in [-0.4, -0.2) is 20.5 Å². The van der Waals surface area contributed by atoms with E-state index in [4.69, 9.17) is 43.1 Å². The van der Waals surface area contributed by atoms with Gasteiger partial charge in [0.2, 0.25) is 11.0 Å². The highest BCUT2D eigenvalue weighted by Crippen LogP contribution is 2.46. The summed E-state index contributed by atoms with van der Waals surface area (Å²) in [6.45, 7) is 2.00. The van der Waals surface area contributed by atoms with Crippen LogP contribution in [0.1, 0.15) is 28.6 Å². The van der Waals surface area contributed by atoms with Gasteiger partial charge < -0.3 is 4.74 Å². The van der Waals surface area contributed by atoms with Crippen molar-refractivity contribution in [1.29, 1.82) is 0 Å². The normalized spacial score (nSPS) is 14.7. The van der Waals surface area contributed by atoms with Gasteiger partial charge >= 0.3 is 0 Å². The minimum absolute atomic E-state index is 0.223. The van der Waals surface area contributed by atoms with Crippen LogP contribution in [0.4, 0.5) is 5.13 Å². The molecule has 7 rings (SSSR count). The number of anilines is 1. The zero-order valence-electron chi connectivity index (χ0n) is 22.6. The molecule has 11 heteroatoms. The van der Waals surface area contributed by atoms with E-state index < -0.39 is 0 Å². The predicted molar refractivity (Wildman–Crippen MR) is 181 cm³/mol. The Morgan fingerprint density at radius 2 is 1.77 bits per heavy atom. The average Bonchev–Trinajstić information content (AvgIpc) is 3.82. The topological polar surface area (TPSA) is 55.5 Å². The smallest absolute Gasteiger partial charge is 0.228 e. The van der Waals surface area contributed by atoms with Crippen molar-refractivity contribution in [2.45, 2.75) is 19.4 Å². The molecule has 3 aromatic carbocycles. The lowest BCUT2D eigenvalue weighted by molar-refractivity contribution is 0.435. The Balaban J connectivity index is 1.36. The van der Waals surface area contributed by atoms with Crippen LogP contribution in [-0.2, 0) is 0 Å². The first-order chi connectivity index (χ1) is 20.9. The molecule has 1 aliphatic rings. The average molecular weight is 708 g/mol. The molecule has 0 saturated carbocycles. The number of rotatable bonds is 7. The summed E-state index contributed by atoms with van der Waals surface area (Å²) < 4.78 is 9.47. The van der Waals surface area contributed by atoms with Crippen LogP contribution in [0, 0.1) is 6.92 Å². The molecule has 6 aromatic rings. The Hall–Kier alpha value is -3.47. The van der Waals surface area contributed by atoms with Crippen LogP contribution >= 0.6 is 61.8 Å². The first-order valence-corrected chi connectivity index (χ1v) is 16.7. The van der Waals surface area contributed by atoms with Crippen molar-refractivity contribution in [1.82, 2.24) is 14.8 Å². The van der Waals surface area contributed by atoms with Gasteiger partial charge in [0.25, 0.3) is 0 Å². The fraction of sp³-hybridized carbons (Fsp3) is 0.0938. The molecule has 0 radical (unpaired) electrons. The largest absolute Gasteiger partial charge is 0.437 e. The molecule has 214 valence electrons. The molecule has 0 bridgehead atoms. The van der Waals surface area contributed by atoms with E-state index in [0.29, 0.717) is 28.1 Å². The summed E-state index contributed by atoms with van der Waals surface area (Å²) in [6.07, 6.45) is 0.653. The first kappa shape index (κ1) is 28.3. The number of halogens is 3. The van der Waals surface area contributed by atoms with Crippen molar-refractivity contribution in [3.05, 3.63) is 126 Å². The SMILES string of the molecule is Cc1nn(-c2ccccc2)c(Oc2ccc(Cl)cc2Cl)c1[C@H]1CC(c2cccs2)=NN1c1nc(-c2ccc(Br)cc2)cs1. The second kappa shape index (κ2) is 11.9. The summed E-state index contributed by atoms with van der Waals surface area (Å²) in [7, 11) is 0. The summed E-state index contributed by atoms with van der Waals surface area (Å²) in [5.41, 5.74) is 5.53. The maximum absolute atomic E-state index is 6.62. The third-order valence-electron chi connectivity index (χ3n) is 7.04. The van der Waals surface area contributed by atoms with E-state index in [1.807, 2.05) is 65.1 Å². The van der Waals surface area contributed by atoms with Crippen LogP contribution in [0.25, 0.3) is 16.9 Å². The van der Waals surface area contributed by atoms with Gasteiger partial charge in [-0.05, 0) is 60.8 Å². The Morgan fingerprint density at radius 1 is 0.953 bits per heavy atom. The lowest BCUT2D eigenvalue weighted by atomic mass is 10.0. The quantitative estimate of drug-likeness (QED) is 0.166. The van der Waals surface area contributed by atoms with Crippen LogP contribution in [0.5, 0.6) is 11.6 Å². The molecule has 43 heavy (non-hydrogen) atoms. The van der Waals surface area contributed by atoms with E-state index >= 15 is 0 Å². The molecule has 0 amide bonds. The minimum atomic E-state index is -0.223. The molecule has 0 aliphatic carbocycles. The van der Waals surface area contributed by atoms with Crippen molar-refractivity contribution >= 4 is 72.6 Å². The number of thiophene rings is 1. The number of hydrazone groups is 1. The second-order valence-corrected chi connectivity index (χ2v) is 13.4. The monoisotopic (exact) mass is 705 g/mol. The van der Waals surface area contributed by atoms with Crippen molar-refractivity contribution in [3.8, 4) is 28.6 Å². The summed E-state index contributed by atoms with van der Waals surface area (Å²) in [5.74, 6) is 1.05. The third-order valence-corrected chi connectivity index (χ3v) is 9.85. The van der Waals surface area contributed by atoms with Crippen LogP contribution in [0.3, 0.4) is 0 Å². The summed E-state index contributed by atoms with van der Waals surface area (Å²) in [5, 5.41) is 18.0. The summed E-state index contributed by atoms with van der Waals surface area (Å²) >= 11 is 19.6. The highest BCUT2D eigenvalue weighted by molar-refractivity contribution is 9.10. The second-order valence-electron chi connectivity index (χ2n) is 9.84. The first-order valence-electron chi connectivity index (χ1n) is 13.3. The van der Waals surface area contributed by atoms with Gasteiger partial charge in [-0.2, -0.15) is 10.2 Å². The van der Waals surface area contributed by atoms with Crippen molar-refractivity contribution < 1.29 is 4.74 Å². The summed E-state index contributed by atoms with van der Waals surface area (Å²) in [4.78, 5) is 6.16. The van der Waals surface area contributed by atoms with E-state index in [0.717, 1.165) is 48.4 Å². The molecule has 0 unspecified atom stereocenters. The van der Waals surface area contributed by atoms with Gasteiger partial charge in [0.1, 0.15) is 5.75 Å². The Morgan fingerprint density at radius 3 is 2.51 bits per heavy atom. The van der Waals surface area contributed by atoms with Gasteiger partial charge in [-0.25, -0.2) is 14.7 Å². The highest BCUT2D eigenvalue weighted by Gasteiger charge is 2.38. The number of hydrogen-bond acceptors (Lipinski definition) is 7. The standard InChI is InChI=1S/C32H22BrCl2N5OS2/c1-19-30(31(39(37-19)23-6-3-2-4-7-23)41-28-14-13-22(34)16-24(28)35)27-17-25(29-8-5-15-42-29)38-40(27)32-36-26(18-43-32)20-9-11-21(33)12-10-20/h2-16,18,27H,17H2,1H3/t27-/m1/s1. The Bertz CT molecular complexity index is 1940. The molecule has 0 N–H and O–H groups in total. The third kappa shape index (κ3) is 5.63. The molecule has 1 atom stereocenters. The maximum Gasteiger partial charge on any atom is 0.228 e. The van der Waals surface area contributed by atoms with Gasteiger partial charge in [-0.15, -0.1) is 22.7 Å². The maximum atomic E-state index is 6.62. The fourth-order valence-corrected chi connectivity index (χ4v) is 7.30. The molecule has 0 spiro atoms. The van der Waals surface area contributed by atoms with E-state index in [1.165, 1.54) is 0 Å². The summed E-state index contributed by atoms with van der Waals surface area (Å²) in [6, 6.07) is 27.2. The number of para-hydroxylation sites is 1. The number of ether oxygens (including phenoxy) is 1. The van der Waals surface area contributed by atoms with Gasteiger partial charge in [-0.1, -0.05) is 75.5 Å². The van der Waals surface area contributed by atoms with Crippen LogP contribution in [0.2, 0.25) is 10.0 Å². The predicted octanol–water partition coefficient (Wildman–Crippen LogP) is 10.6. The molecule has 3 aromatic heterocycles. The van der Waals surface area contributed by atoms with E-state index in [9.17, 15) is 0 Å². The van der Waals surface area contributed by atoms with Gasteiger partial charge in [0.15, 0.2) is 0 Å². The van der Waals surface area contributed by atoms with Crippen molar-refractivity contribution in [2.24, 2.45) is 5.10 Å². The molecule has 6 nitrogen and oxygen atoms in total. The molecule has 0 saturated heterocycles. The number of hydrogen-bond donors (Lipinski definition) is 0. The van der Waals surface area contributed by atoms with Crippen molar-refractivity contribution in [3.63, 3.8) is 0 Å². The number of aromatic nitrogens is 3. The van der Waals surface area contributed by atoms with Gasteiger partial charge in [-0.3, -0.25) is 0 Å². The highest BCUT2D eigenvalue weighted by atomic mass is 79.9. The van der Waals surface area contributed by atoms with E-state index in [2.05, 4.69) is 44.9 Å². The Labute approximate surface area is 274 Å². The molecule has 1 aliphatic heterocycles. The number of benzene rings is 3. The molecular formula is C32H22BrCl2N5OS2. The number of nitrogens with zero attached hydrogens (tertiary/aromatic N) is 5. The van der Waals surface area contributed by atoms with E-state index in [-0.39, 0.29) is 6.04 Å². The number of thiazole rings is 1. The number of aryl methyl sites for hydroxylation is 1. The minimum Gasteiger partial charge on any atom is -0.437 e. The van der Waals surface area contributed by atoms with Crippen LogP contribution in [0.15, 0.2) is 105 Å². The van der Waals surface area contributed by atoms with Crippen LogP contribution < -0.4 is 9.75 Å². The lowest BCUT2D eigenvalue weighted by Gasteiger charge is -2.22. The van der Waals surface area contributed by atoms with Crippen molar-refractivity contribution in [2.75, 3.05) is 5.01 Å². The zero-order valence-corrected chi connectivity index (χ0v) is 27.3. The Kier molecular flexibility index (Phi) is 7.83. The molecule has 4 heterocycles. The molecular weight excluding hydrogens is 685 g/mol.